The number of hydrogen-bond acceptors (Lipinski definition) is 1. The second-order valence-electron chi connectivity index (χ2n) is 6.41. The minimum absolute atomic E-state index is 0.0198. The zero-order valence-corrected chi connectivity index (χ0v) is 13.3. The Bertz CT molecular complexity index is 455. The topological polar surface area (TPSA) is 29.1 Å². The van der Waals surface area contributed by atoms with Crippen molar-refractivity contribution in [3.8, 4) is 0 Å². The van der Waals surface area contributed by atoms with Gasteiger partial charge in [-0.1, -0.05) is 38.8 Å². The first kappa shape index (κ1) is 15.4. The van der Waals surface area contributed by atoms with Crippen LogP contribution >= 0.6 is 11.6 Å². The van der Waals surface area contributed by atoms with Gasteiger partial charge in [-0.15, -0.1) is 0 Å². The molecule has 2 rings (SSSR count). The third kappa shape index (κ3) is 3.76. The summed E-state index contributed by atoms with van der Waals surface area (Å²) in [6.07, 6.45) is 3.57. The van der Waals surface area contributed by atoms with Gasteiger partial charge in [0.15, 0.2) is 0 Å². The van der Waals surface area contributed by atoms with Crippen LogP contribution in [0, 0.1) is 17.8 Å². The van der Waals surface area contributed by atoms with E-state index in [-0.39, 0.29) is 5.91 Å². The molecule has 1 fully saturated rings. The summed E-state index contributed by atoms with van der Waals surface area (Å²) < 4.78 is 0. The van der Waals surface area contributed by atoms with Crippen LogP contribution in [0.4, 0.5) is 0 Å². The van der Waals surface area contributed by atoms with Gasteiger partial charge < -0.3 is 5.32 Å². The minimum atomic E-state index is 0.0198. The van der Waals surface area contributed by atoms with Crippen LogP contribution in [-0.4, -0.2) is 11.9 Å². The lowest BCUT2D eigenvalue weighted by atomic mass is 9.74. The molecule has 0 aromatic heterocycles. The molecule has 3 atom stereocenters. The standard InChI is InChI=1S/C17H24ClNO/c1-11(2)15-9-4-12(3)10-16(15)19-17(20)13-5-7-14(18)8-6-13/h5-8,11-12,15-16H,4,9-10H2,1-3H3,(H,19,20)/t12-,15+,16-/m1/s1. The lowest BCUT2D eigenvalue weighted by molar-refractivity contribution is 0.0868. The molecule has 1 N–H and O–H groups in total. The molecular formula is C17H24ClNO. The van der Waals surface area contributed by atoms with E-state index in [2.05, 4.69) is 26.1 Å². The maximum atomic E-state index is 12.3. The smallest absolute Gasteiger partial charge is 0.251 e. The zero-order valence-electron chi connectivity index (χ0n) is 12.5. The number of nitrogens with one attached hydrogen (secondary N) is 1. The van der Waals surface area contributed by atoms with Gasteiger partial charge in [-0.3, -0.25) is 4.79 Å². The van der Waals surface area contributed by atoms with Crippen LogP contribution < -0.4 is 5.32 Å². The van der Waals surface area contributed by atoms with Crippen LogP contribution in [-0.2, 0) is 0 Å². The summed E-state index contributed by atoms with van der Waals surface area (Å²) in [4.78, 5) is 12.3. The van der Waals surface area contributed by atoms with Crippen LogP contribution in [0.5, 0.6) is 0 Å². The monoisotopic (exact) mass is 293 g/mol. The average molecular weight is 294 g/mol. The van der Waals surface area contributed by atoms with E-state index in [0.29, 0.717) is 34.4 Å². The van der Waals surface area contributed by atoms with Gasteiger partial charge in [0.2, 0.25) is 0 Å². The Balaban J connectivity index is 2.05. The fourth-order valence-corrected chi connectivity index (χ4v) is 3.35. The number of halogens is 1. The van der Waals surface area contributed by atoms with Crippen LogP contribution in [0.2, 0.25) is 5.02 Å². The van der Waals surface area contributed by atoms with Gasteiger partial charge in [-0.25, -0.2) is 0 Å². The first-order valence-corrected chi connectivity index (χ1v) is 7.91. The fraction of sp³-hybridized carbons (Fsp3) is 0.588. The summed E-state index contributed by atoms with van der Waals surface area (Å²) in [5.74, 6) is 1.91. The molecule has 0 aliphatic heterocycles. The summed E-state index contributed by atoms with van der Waals surface area (Å²) in [6.45, 7) is 6.78. The van der Waals surface area contributed by atoms with Gasteiger partial charge in [-0.2, -0.15) is 0 Å². The van der Waals surface area contributed by atoms with Crippen LogP contribution in [0.15, 0.2) is 24.3 Å². The molecule has 1 saturated carbocycles. The van der Waals surface area contributed by atoms with E-state index >= 15 is 0 Å². The molecule has 3 heteroatoms. The Morgan fingerprint density at radius 3 is 2.50 bits per heavy atom. The van der Waals surface area contributed by atoms with Crippen molar-refractivity contribution in [2.45, 2.75) is 46.1 Å². The first-order chi connectivity index (χ1) is 9.47. The molecule has 20 heavy (non-hydrogen) atoms. The molecule has 110 valence electrons. The molecule has 0 saturated heterocycles. The highest BCUT2D eigenvalue weighted by atomic mass is 35.5. The van der Waals surface area contributed by atoms with E-state index in [1.165, 1.54) is 12.8 Å². The predicted octanol–water partition coefficient (Wildman–Crippen LogP) is 4.53. The number of carbonyl (C=O) groups excluding carboxylic acids is 1. The van der Waals surface area contributed by atoms with E-state index in [0.717, 1.165) is 6.42 Å². The molecule has 0 radical (unpaired) electrons. The van der Waals surface area contributed by atoms with Gasteiger partial charge >= 0.3 is 0 Å². The zero-order chi connectivity index (χ0) is 14.7. The normalized spacial score (nSPS) is 26.6. The highest BCUT2D eigenvalue weighted by molar-refractivity contribution is 6.30. The van der Waals surface area contributed by atoms with E-state index in [1.807, 2.05) is 0 Å². The number of rotatable bonds is 3. The summed E-state index contributed by atoms with van der Waals surface area (Å²) in [5.41, 5.74) is 0.690. The van der Waals surface area contributed by atoms with Gasteiger partial charge in [0.1, 0.15) is 0 Å². The van der Waals surface area contributed by atoms with Crippen molar-refractivity contribution in [2.75, 3.05) is 0 Å². The van der Waals surface area contributed by atoms with E-state index in [1.54, 1.807) is 24.3 Å². The maximum absolute atomic E-state index is 12.3. The largest absolute Gasteiger partial charge is 0.349 e. The van der Waals surface area contributed by atoms with Crippen LogP contribution in [0.1, 0.15) is 50.4 Å². The second kappa shape index (κ2) is 6.62. The van der Waals surface area contributed by atoms with E-state index in [9.17, 15) is 4.79 Å². The number of amides is 1. The van der Waals surface area contributed by atoms with Crippen molar-refractivity contribution in [2.24, 2.45) is 17.8 Å². The van der Waals surface area contributed by atoms with Gasteiger partial charge in [0, 0.05) is 16.6 Å². The maximum Gasteiger partial charge on any atom is 0.251 e. The molecule has 0 heterocycles. The molecule has 0 unspecified atom stereocenters. The van der Waals surface area contributed by atoms with Gasteiger partial charge in [0.25, 0.3) is 5.91 Å². The molecule has 0 bridgehead atoms. The molecule has 0 spiro atoms. The van der Waals surface area contributed by atoms with Crippen molar-refractivity contribution in [1.82, 2.24) is 5.32 Å². The Hall–Kier alpha value is -1.02. The highest BCUT2D eigenvalue weighted by Gasteiger charge is 2.31. The average Bonchev–Trinajstić information content (AvgIpc) is 2.39. The van der Waals surface area contributed by atoms with Crippen molar-refractivity contribution in [3.05, 3.63) is 34.9 Å². The molecule has 1 aliphatic carbocycles. The Morgan fingerprint density at radius 1 is 1.25 bits per heavy atom. The summed E-state index contributed by atoms with van der Waals surface area (Å²) >= 11 is 5.86. The highest BCUT2D eigenvalue weighted by Crippen LogP contribution is 2.33. The van der Waals surface area contributed by atoms with Crippen molar-refractivity contribution >= 4 is 17.5 Å². The Labute approximate surface area is 126 Å². The lowest BCUT2D eigenvalue weighted by Gasteiger charge is -2.37. The number of benzene rings is 1. The second-order valence-corrected chi connectivity index (χ2v) is 6.85. The number of hydrogen-bond donors (Lipinski definition) is 1. The predicted molar refractivity (Wildman–Crippen MR) is 84.0 cm³/mol. The van der Waals surface area contributed by atoms with Gasteiger partial charge in [0.05, 0.1) is 0 Å². The Morgan fingerprint density at radius 2 is 1.90 bits per heavy atom. The fourth-order valence-electron chi connectivity index (χ4n) is 3.22. The Kier molecular flexibility index (Phi) is 5.09. The van der Waals surface area contributed by atoms with Crippen molar-refractivity contribution < 1.29 is 4.79 Å². The van der Waals surface area contributed by atoms with Crippen LogP contribution in [0.25, 0.3) is 0 Å². The van der Waals surface area contributed by atoms with E-state index in [4.69, 9.17) is 11.6 Å². The third-order valence-corrected chi connectivity index (χ3v) is 4.70. The van der Waals surface area contributed by atoms with Gasteiger partial charge in [-0.05, 0) is 54.9 Å². The third-order valence-electron chi connectivity index (χ3n) is 4.45. The molecular weight excluding hydrogens is 270 g/mol. The molecule has 1 amide bonds. The molecule has 1 aliphatic rings. The summed E-state index contributed by atoms with van der Waals surface area (Å²) in [5, 5.41) is 3.89. The summed E-state index contributed by atoms with van der Waals surface area (Å²) in [7, 11) is 0. The first-order valence-electron chi connectivity index (χ1n) is 7.53. The van der Waals surface area contributed by atoms with E-state index < -0.39 is 0 Å². The van der Waals surface area contributed by atoms with Crippen molar-refractivity contribution in [1.29, 1.82) is 0 Å². The minimum Gasteiger partial charge on any atom is -0.349 e. The molecule has 1 aromatic carbocycles. The number of carbonyl (C=O) groups is 1. The quantitative estimate of drug-likeness (QED) is 0.871. The SMILES string of the molecule is CC(C)[C@@H]1CC[C@@H](C)C[C@H]1NC(=O)c1ccc(Cl)cc1. The van der Waals surface area contributed by atoms with Crippen molar-refractivity contribution in [3.63, 3.8) is 0 Å². The summed E-state index contributed by atoms with van der Waals surface area (Å²) in [6, 6.07) is 7.39. The van der Waals surface area contributed by atoms with Crippen LogP contribution in [0.3, 0.4) is 0 Å². The molecule has 1 aromatic rings. The lowest BCUT2D eigenvalue weighted by Crippen LogP contribution is -2.45. The molecule has 2 nitrogen and oxygen atoms in total.